The maximum absolute atomic E-state index is 3.74. The SMILES string of the molecule is c1ccc(CN2CCc3c([nH]c4ccccc34)C2c2cccs2)cc1. The third kappa shape index (κ3) is 2.60. The van der Waals surface area contributed by atoms with Crippen LogP contribution in [0.5, 0.6) is 0 Å². The number of fused-ring (bicyclic) bond motifs is 3. The van der Waals surface area contributed by atoms with Crippen LogP contribution in [0.25, 0.3) is 10.9 Å². The fourth-order valence-corrected chi connectivity index (χ4v) is 4.92. The normalized spacial score (nSPS) is 17.7. The van der Waals surface area contributed by atoms with E-state index in [2.05, 4.69) is 82.0 Å². The molecule has 0 aliphatic carbocycles. The summed E-state index contributed by atoms with van der Waals surface area (Å²) in [4.78, 5) is 7.77. The van der Waals surface area contributed by atoms with E-state index >= 15 is 0 Å². The second kappa shape index (κ2) is 6.17. The van der Waals surface area contributed by atoms with Crippen molar-refractivity contribution in [3.63, 3.8) is 0 Å². The van der Waals surface area contributed by atoms with E-state index in [1.807, 2.05) is 11.3 Å². The van der Waals surface area contributed by atoms with E-state index in [1.165, 1.54) is 32.6 Å². The van der Waals surface area contributed by atoms with Crippen LogP contribution in [0.15, 0.2) is 72.1 Å². The summed E-state index contributed by atoms with van der Waals surface area (Å²) >= 11 is 1.86. The average Bonchev–Trinajstić information content (AvgIpc) is 3.30. The van der Waals surface area contributed by atoms with E-state index in [4.69, 9.17) is 0 Å². The van der Waals surface area contributed by atoms with Crippen molar-refractivity contribution in [1.29, 1.82) is 0 Å². The highest BCUT2D eigenvalue weighted by molar-refractivity contribution is 7.10. The van der Waals surface area contributed by atoms with Crippen molar-refractivity contribution < 1.29 is 0 Å². The number of aromatic nitrogens is 1. The highest BCUT2D eigenvalue weighted by Gasteiger charge is 2.32. The molecular weight excluding hydrogens is 324 g/mol. The van der Waals surface area contributed by atoms with Crippen molar-refractivity contribution in [3.05, 3.63) is 93.8 Å². The molecule has 2 aromatic heterocycles. The van der Waals surface area contributed by atoms with Crippen molar-refractivity contribution in [3.8, 4) is 0 Å². The molecule has 4 aromatic rings. The van der Waals surface area contributed by atoms with Gasteiger partial charge in [-0.2, -0.15) is 0 Å². The van der Waals surface area contributed by atoms with Gasteiger partial charge in [-0.15, -0.1) is 11.3 Å². The Morgan fingerprint density at radius 3 is 2.64 bits per heavy atom. The molecule has 3 heterocycles. The Kier molecular flexibility index (Phi) is 3.69. The predicted octanol–water partition coefficient (Wildman–Crippen LogP) is 5.38. The van der Waals surface area contributed by atoms with E-state index in [-0.39, 0.29) is 0 Å². The number of para-hydroxylation sites is 1. The Morgan fingerprint density at radius 2 is 1.80 bits per heavy atom. The van der Waals surface area contributed by atoms with E-state index < -0.39 is 0 Å². The second-order valence-electron chi connectivity index (χ2n) is 6.69. The smallest absolute Gasteiger partial charge is 0.0853 e. The van der Waals surface area contributed by atoms with Crippen molar-refractivity contribution in [2.75, 3.05) is 6.54 Å². The number of benzene rings is 2. The van der Waals surface area contributed by atoms with Crippen LogP contribution in [0.1, 0.15) is 27.7 Å². The fraction of sp³-hybridized carbons (Fsp3) is 0.182. The minimum atomic E-state index is 0.316. The standard InChI is InChI=1S/C22H20N2S/c1-2-7-16(8-3-1)15-24-13-12-18-17-9-4-5-10-19(17)23-21(18)22(24)20-11-6-14-25-20/h1-11,14,22-23H,12-13,15H2. The number of hydrogen-bond acceptors (Lipinski definition) is 2. The Morgan fingerprint density at radius 1 is 0.960 bits per heavy atom. The lowest BCUT2D eigenvalue weighted by Gasteiger charge is -2.35. The van der Waals surface area contributed by atoms with E-state index in [0.717, 1.165) is 19.5 Å². The molecule has 1 aliphatic rings. The molecule has 3 heteroatoms. The van der Waals surface area contributed by atoms with Gasteiger partial charge in [0, 0.05) is 34.6 Å². The molecule has 1 aliphatic heterocycles. The lowest BCUT2D eigenvalue weighted by Crippen LogP contribution is -2.35. The molecule has 0 fully saturated rings. The number of thiophene rings is 1. The molecule has 1 atom stereocenters. The molecule has 124 valence electrons. The van der Waals surface area contributed by atoms with Crippen LogP contribution in [-0.2, 0) is 13.0 Å². The lowest BCUT2D eigenvalue weighted by atomic mass is 9.95. The van der Waals surface area contributed by atoms with Crippen molar-refractivity contribution in [1.82, 2.24) is 9.88 Å². The van der Waals surface area contributed by atoms with Crippen LogP contribution < -0.4 is 0 Å². The first-order chi connectivity index (χ1) is 12.4. The molecule has 2 nitrogen and oxygen atoms in total. The third-order valence-corrected chi connectivity index (χ3v) is 6.10. The zero-order chi connectivity index (χ0) is 16.6. The first-order valence-electron chi connectivity index (χ1n) is 8.81. The number of hydrogen-bond donors (Lipinski definition) is 1. The first-order valence-corrected chi connectivity index (χ1v) is 9.69. The van der Waals surface area contributed by atoms with E-state index in [1.54, 1.807) is 0 Å². The van der Waals surface area contributed by atoms with Gasteiger partial charge in [-0.1, -0.05) is 54.6 Å². The highest BCUT2D eigenvalue weighted by atomic mass is 32.1. The topological polar surface area (TPSA) is 19.0 Å². The predicted molar refractivity (Wildman–Crippen MR) is 105 cm³/mol. The monoisotopic (exact) mass is 344 g/mol. The average molecular weight is 344 g/mol. The molecule has 0 spiro atoms. The molecule has 25 heavy (non-hydrogen) atoms. The summed E-state index contributed by atoms with van der Waals surface area (Å²) in [5.74, 6) is 0. The molecule has 0 saturated carbocycles. The van der Waals surface area contributed by atoms with Gasteiger partial charge in [-0.05, 0) is 35.1 Å². The van der Waals surface area contributed by atoms with Gasteiger partial charge in [0.2, 0.25) is 0 Å². The molecule has 1 N–H and O–H groups in total. The number of aromatic amines is 1. The third-order valence-electron chi connectivity index (χ3n) is 5.18. The Labute approximate surface area is 151 Å². The summed E-state index contributed by atoms with van der Waals surface area (Å²) in [6.45, 7) is 2.07. The molecule has 1 unspecified atom stereocenters. The largest absolute Gasteiger partial charge is 0.357 e. The summed E-state index contributed by atoms with van der Waals surface area (Å²) in [5, 5.41) is 3.57. The zero-order valence-electron chi connectivity index (χ0n) is 14.0. The maximum Gasteiger partial charge on any atom is 0.0853 e. The zero-order valence-corrected chi connectivity index (χ0v) is 14.8. The second-order valence-corrected chi connectivity index (χ2v) is 7.67. The maximum atomic E-state index is 3.74. The number of nitrogens with zero attached hydrogens (tertiary/aromatic N) is 1. The van der Waals surface area contributed by atoms with E-state index in [0.29, 0.717) is 6.04 Å². The fourth-order valence-electron chi connectivity index (χ4n) is 4.05. The van der Waals surface area contributed by atoms with Crippen molar-refractivity contribution >= 4 is 22.2 Å². The van der Waals surface area contributed by atoms with Gasteiger partial charge < -0.3 is 4.98 Å². The van der Waals surface area contributed by atoms with E-state index in [9.17, 15) is 0 Å². The summed E-state index contributed by atoms with van der Waals surface area (Å²) in [5.41, 5.74) is 5.52. The van der Waals surface area contributed by atoms with Crippen LogP contribution in [-0.4, -0.2) is 16.4 Å². The quantitative estimate of drug-likeness (QED) is 0.529. The van der Waals surface area contributed by atoms with Crippen molar-refractivity contribution in [2.45, 2.75) is 19.0 Å². The lowest BCUT2D eigenvalue weighted by molar-refractivity contribution is 0.204. The van der Waals surface area contributed by atoms with Crippen LogP contribution in [0.4, 0.5) is 0 Å². The molecule has 0 amide bonds. The Balaban J connectivity index is 1.61. The van der Waals surface area contributed by atoms with Gasteiger partial charge in [-0.3, -0.25) is 4.90 Å². The summed E-state index contributed by atoms with van der Waals surface area (Å²) in [6, 6.07) is 24.3. The van der Waals surface area contributed by atoms with Gasteiger partial charge in [0.1, 0.15) is 0 Å². The van der Waals surface area contributed by atoms with Gasteiger partial charge >= 0.3 is 0 Å². The highest BCUT2D eigenvalue weighted by Crippen LogP contribution is 2.40. The van der Waals surface area contributed by atoms with Gasteiger partial charge in [-0.25, -0.2) is 0 Å². The number of rotatable bonds is 3. The molecule has 0 saturated heterocycles. The van der Waals surface area contributed by atoms with Crippen LogP contribution in [0.3, 0.4) is 0 Å². The van der Waals surface area contributed by atoms with Crippen LogP contribution in [0, 0.1) is 0 Å². The molecular formula is C22H20N2S. The molecule has 0 bridgehead atoms. The molecule has 2 aromatic carbocycles. The summed E-state index contributed by atoms with van der Waals surface area (Å²) in [6.07, 6.45) is 1.11. The van der Waals surface area contributed by atoms with Crippen molar-refractivity contribution in [2.24, 2.45) is 0 Å². The number of H-pyrrole nitrogens is 1. The summed E-state index contributed by atoms with van der Waals surface area (Å²) < 4.78 is 0. The molecule has 0 radical (unpaired) electrons. The molecule has 5 rings (SSSR count). The minimum Gasteiger partial charge on any atom is -0.357 e. The van der Waals surface area contributed by atoms with Gasteiger partial charge in [0.15, 0.2) is 0 Å². The Bertz CT molecular complexity index is 985. The van der Waals surface area contributed by atoms with Gasteiger partial charge in [0.05, 0.1) is 6.04 Å². The first kappa shape index (κ1) is 14.9. The Hall–Kier alpha value is -2.36. The minimum absolute atomic E-state index is 0.316. The van der Waals surface area contributed by atoms with Gasteiger partial charge in [0.25, 0.3) is 0 Å². The van der Waals surface area contributed by atoms with Crippen LogP contribution in [0.2, 0.25) is 0 Å². The number of nitrogens with one attached hydrogen (secondary N) is 1. The van der Waals surface area contributed by atoms with Crippen LogP contribution >= 0.6 is 11.3 Å². The summed E-state index contributed by atoms with van der Waals surface area (Å²) in [7, 11) is 0.